The zero-order valence-corrected chi connectivity index (χ0v) is 15.4. The average molecular weight is 375 g/mol. The second-order valence-corrected chi connectivity index (χ2v) is 7.26. The SMILES string of the molecule is O[C@H]1CN(c2cc(-c3ccc4c(c3)OCO4)ccn2)C[C@H]1Cc1ccncc1. The standard InChI is InChI=1S/C22H21N3O3/c26-19-13-25(12-18(19)9-15-3-6-23-7-4-15)22-11-17(5-8-24-22)16-1-2-20-21(10-16)28-14-27-20/h1-8,10-11,18-19,26H,9,12-14H2/t18-,19+/m1/s1. The Bertz CT molecular complexity index is 980. The first kappa shape index (κ1) is 17.0. The molecule has 0 unspecified atom stereocenters. The molecule has 1 saturated heterocycles. The summed E-state index contributed by atoms with van der Waals surface area (Å²) in [5.41, 5.74) is 3.32. The molecular formula is C22H21N3O3. The van der Waals surface area contributed by atoms with Gasteiger partial charge in [0.25, 0.3) is 0 Å². The van der Waals surface area contributed by atoms with Gasteiger partial charge in [-0.15, -0.1) is 0 Å². The molecule has 0 spiro atoms. The lowest BCUT2D eigenvalue weighted by molar-refractivity contribution is 0.148. The van der Waals surface area contributed by atoms with Crippen molar-refractivity contribution in [2.75, 3.05) is 24.8 Å². The smallest absolute Gasteiger partial charge is 0.231 e. The Morgan fingerprint density at radius 1 is 0.929 bits per heavy atom. The van der Waals surface area contributed by atoms with Gasteiger partial charge in [0, 0.05) is 37.6 Å². The molecule has 2 aliphatic heterocycles. The fourth-order valence-electron chi connectivity index (χ4n) is 3.91. The van der Waals surface area contributed by atoms with Crippen molar-refractivity contribution in [2.24, 2.45) is 5.92 Å². The summed E-state index contributed by atoms with van der Waals surface area (Å²) < 4.78 is 10.9. The molecule has 6 nitrogen and oxygen atoms in total. The quantitative estimate of drug-likeness (QED) is 0.756. The minimum Gasteiger partial charge on any atom is -0.454 e. The molecule has 28 heavy (non-hydrogen) atoms. The molecule has 0 saturated carbocycles. The van der Waals surface area contributed by atoms with Gasteiger partial charge in [-0.25, -0.2) is 4.98 Å². The molecule has 2 atom stereocenters. The number of hydrogen-bond acceptors (Lipinski definition) is 6. The predicted octanol–water partition coefficient (Wildman–Crippen LogP) is 2.91. The molecule has 2 aromatic heterocycles. The zero-order chi connectivity index (χ0) is 18.9. The molecule has 3 aromatic rings. The van der Waals surface area contributed by atoms with Gasteiger partial charge in [-0.05, 0) is 59.5 Å². The number of nitrogens with zero attached hydrogens (tertiary/aromatic N) is 3. The van der Waals surface area contributed by atoms with Gasteiger partial charge >= 0.3 is 0 Å². The Labute approximate surface area is 163 Å². The van der Waals surface area contributed by atoms with Gasteiger partial charge in [-0.2, -0.15) is 0 Å². The Morgan fingerprint density at radius 2 is 1.75 bits per heavy atom. The molecule has 0 amide bonds. The highest BCUT2D eigenvalue weighted by atomic mass is 16.7. The van der Waals surface area contributed by atoms with Gasteiger partial charge in [0.1, 0.15) is 5.82 Å². The highest BCUT2D eigenvalue weighted by Crippen LogP contribution is 2.36. The van der Waals surface area contributed by atoms with Crippen molar-refractivity contribution >= 4 is 5.82 Å². The van der Waals surface area contributed by atoms with E-state index in [-0.39, 0.29) is 18.8 Å². The molecular weight excluding hydrogens is 354 g/mol. The van der Waals surface area contributed by atoms with Crippen LogP contribution in [0.15, 0.2) is 61.1 Å². The highest BCUT2D eigenvalue weighted by Gasteiger charge is 2.32. The minimum absolute atomic E-state index is 0.179. The van der Waals surface area contributed by atoms with Crippen LogP contribution in [0.3, 0.4) is 0 Å². The maximum absolute atomic E-state index is 10.6. The van der Waals surface area contributed by atoms with E-state index in [1.54, 1.807) is 12.4 Å². The fraction of sp³-hybridized carbons (Fsp3) is 0.273. The number of aliphatic hydroxyl groups excluding tert-OH is 1. The number of anilines is 1. The van der Waals surface area contributed by atoms with E-state index >= 15 is 0 Å². The van der Waals surface area contributed by atoms with E-state index in [2.05, 4.69) is 20.9 Å². The first-order chi connectivity index (χ1) is 13.8. The zero-order valence-electron chi connectivity index (χ0n) is 15.4. The number of pyridine rings is 2. The Balaban J connectivity index is 1.35. The molecule has 1 aromatic carbocycles. The first-order valence-electron chi connectivity index (χ1n) is 9.44. The number of fused-ring (bicyclic) bond motifs is 1. The lowest BCUT2D eigenvalue weighted by Crippen LogP contribution is -2.22. The van der Waals surface area contributed by atoms with Gasteiger partial charge in [-0.3, -0.25) is 4.98 Å². The molecule has 4 heterocycles. The number of β-amino-alcohol motifs (C(OH)–C–C–N with tert-alkyl or cyclic N) is 1. The Morgan fingerprint density at radius 3 is 2.64 bits per heavy atom. The minimum atomic E-state index is -0.371. The van der Waals surface area contributed by atoms with Gasteiger partial charge in [0.05, 0.1) is 6.10 Å². The number of rotatable bonds is 4. The third-order valence-electron chi connectivity index (χ3n) is 5.43. The van der Waals surface area contributed by atoms with E-state index in [4.69, 9.17) is 9.47 Å². The fourth-order valence-corrected chi connectivity index (χ4v) is 3.91. The average Bonchev–Trinajstić information content (AvgIpc) is 3.35. The van der Waals surface area contributed by atoms with E-state index in [0.29, 0.717) is 6.54 Å². The van der Waals surface area contributed by atoms with Crippen LogP contribution in [0.25, 0.3) is 11.1 Å². The van der Waals surface area contributed by atoms with Crippen LogP contribution in [0.1, 0.15) is 5.56 Å². The molecule has 1 fully saturated rings. The summed E-state index contributed by atoms with van der Waals surface area (Å²) in [5, 5.41) is 10.6. The van der Waals surface area contributed by atoms with Crippen LogP contribution >= 0.6 is 0 Å². The largest absolute Gasteiger partial charge is 0.454 e. The third-order valence-corrected chi connectivity index (χ3v) is 5.43. The van der Waals surface area contributed by atoms with Crippen molar-refractivity contribution in [3.8, 4) is 22.6 Å². The van der Waals surface area contributed by atoms with E-state index in [9.17, 15) is 5.11 Å². The second kappa shape index (κ2) is 7.13. The van der Waals surface area contributed by atoms with Crippen LogP contribution in [0.4, 0.5) is 5.82 Å². The number of hydrogen-bond donors (Lipinski definition) is 1. The summed E-state index contributed by atoms with van der Waals surface area (Å²) >= 11 is 0. The van der Waals surface area contributed by atoms with Crippen LogP contribution in [0.5, 0.6) is 11.5 Å². The van der Waals surface area contributed by atoms with Crippen LogP contribution in [0.2, 0.25) is 0 Å². The topological polar surface area (TPSA) is 67.7 Å². The summed E-state index contributed by atoms with van der Waals surface area (Å²) in [6.07, 6.45) is 5.87. The number of benzene rings is 1. The molecule has 0 aliphatic carbocycles. The van der Waals surface area contributed by atoms with E-state index < -0.39 is 0 Å². The first-order valence-corrected chi connectivity index (χ1v) is 9.44. The van der Waals surface area contributed by atoms with Crippen molar-refractivity contribution in [1.82, 2.24) is 9.97 Å². The summed E-state index contributed by atoms with van der Waals surface area (Å²) in [6, 6.07) is 14.0. The van der Waals surface area contributed by atoms with Crippen molar-refractivity contribution < 1.29 is 14.6 Å². The lowest BCUT2D eigenvalue weighted by Gasteiger charge is -2.18. The summed E-state index contributed by atoms with van der Waals surface area (Å²) in [6.45, 7) is 1.64. The van der Waals surface area contributed by atoms with Gasteiger partial charge < -0.3 is 19.5 Å². The van der Waals surface area contributed by atoms with Crippen molar-refractivity contribution in [3.05, 3.63) is 66.6 Å². The summed E-state index contributed by atoms with van der Waals surface area (Å²) in [5.74, 6) is 2.61. The second-order valence-electron chi connectivity index (χ2n) is 7.26. The van der Waals surface area contributed by atoms with Crippen molar-refractivity contribution in [1.29, 1.82) is 0 Å². The van der Waals surface area contributed by atoms with Crippen LogP contribution in [-0.2, 0) is 6.42 Å². The Hall–Kier alpha value is -3.12. The maximum atomic E-state index is 10.6. The third kappa shape index (κ3) is 3.27. The van der Waals surface area contributed by atoms with Crippen LogP contribution in [0, 0.1) is 5.92 Å². The number of aliphatic hydroxyl groups is 1. The Kier molecular flexibility index (Phi) is 4.33. The predicted molar refractivity (Wildman–Crippen MR) is 105 cm³/mol. The molecule has 0 radical (unpaired) electrons. The summed E-state index contributed by atoms with van der Waals surface area (Å²) in [7, 11) is 0. The maximum Gasteiger partial charge on any atom is 0.231 e. The van der Waals surface area contributed by atoms with Gasteiger partial charge in [0.2, 0.25) is 6.79 Å². The van der Waals surface area contributed by atoms with Crippen LogP contribution < -0.4 is 14.4 Å². The molecule has 6 heteroatoms. The van der Waals surface area contributed by atoms with Crippen molar-refractivity contribution in [2.45, 2.75) is 12.5 Å². The molecule has 0 bridgehead atoms. The highest BCUT2D eigenvalue weighted by molar-refractivity contribution is 5.70. The molecule has 5 rings (SSSR count). The van der Waals surface area contributed by atoms with E-state index in [1.807, 2.05) is 42.6 Å². The van der Waals surface area contributed by atoms with Gasteiger partial charge in [0.15, 0.2) is 11.5 Å². The van der Waals surface area contributed by atoms with E-state index in [0.717, 1.165) is 41.4 Å². The molecule has 142 valence electrons. The van der Waals surface area contributed by atoms with Crippen LogP contribution in [-0.4, -0.2) is 41.1 Å². The van der Waals surface area contributed by atoms with E-state index in [1.165, 1.54) is 5.56 Å². The summed E-state index contributed by atoms with van der Waals surface area (Å²) in [4.78, 5) is 10.8. The normalized spacial score (nSPS) is 20.5. The monoisotopic (exact) mass is 375 g/mol. The van der Waals surface area contributed by atoms with Crippen molar-refractivity contribution in [3.63, 3.8) is 0 Å². The number of ether oxygens (including phenoxy) is 2. The number of aromatic nitrogens is 2. The molecule has 2 aliphatic rings. The van der Waals surface area contributed by atoms with Gasteiger partial charge in [-0.1, -0.05) is 6.07 Å². The molecule has 1 N–H and O–H groups in total. The lowest BCUT2D eigenvalue weighted by atomic mass is 9.97.